The van der Waals surface area contributed by atoms with Crippen LogP contribution in [0.3, 0.4) is 0 Å². The van der Waals surface area contributed by atoms with E-state index in [2.05, 4.69) is 5.32 Å². The van der Waals surface area contributed by atoms with Crippen LogP contribution in [0.5, 0.6) is 0 Å². The van der Waals surface area contributed by atoms with Gasteiger partial charge in [0.05, 0.1) is 0 Å². The lowest BCUT2D eigenvalue weighted by Crippen LogP contribution is -2.12. The van der Waals surface area contributed by atoms with E-state index >= 15 is 0 Å². The van der Waals surface area contributed by atoms with Gasteiger partial charge in [-0.25, -0.2) is 8.78 Å². The summed E-state index contributed by atoms with van der Waals surface area (Å²) in [7, 11) is 0. The summed E-state index contributed by atoms with van der Waals surface area (Å²) in [4.78, 5) is 11.9. The van der Waals surface area contributed by atoms with Gasteiger partial charge in [0.1, 0.15) is 11.6 Å². The van der Waals surface area contributed by atoms with Crippen molar-refractivity contribution in [2.75, 3.05) is 11.1 Å². The molecule has 0 aliphatic heterocycles. The minimum absolute atomic E-state index is 0.111. The third-order valence-corrected chi connectivity index (χ3v) is 2.60. The van der Waals surface area contributed by atoms with Gasteiger partial charge in [0.25, 0.3) is 5.91 Å². The van der Waals surface area contributed by atoms with Gasteiger partial charge in [-0.1, -0.05) is 0 Å². The molecular weight excluding hydrogens is 250 g/mol. The van der Waals surface area contributed by atoms with Gasteiger partial charge in [-0.2, -0.15) is 0 Å². The zero-order chi connectivity index (χ0) is 14.0. The van der Waals surface area contributed by atoms with Gasteiger partial charge in [0.2, 0.25) is 0 Å². The Labute approximate surface area is 109 Å². The van der Waals surface area contributed by atoms with Crippen molar-refractivity contribution in [3.8, 4) is 0 Å². The molecule has 0 unspecified atom stereocenters. The van der Waals surface area contributed by atoms with Crippen LogP contribution in [0, 0.1) is 18.6 Å². The first kappa shape index (κ1) is 13.0. The van der Waals surface area contributed by atoms with Crippen LogP contribution in [0.1, 0.15) is 15.9 Å². The Morgan fingerprint density at radius 3 is 2.53 bits per heavy atom. The summed E-state index contributed by atoms with van der Waals surface area (Å²) < 4.78 is 26.2. The minimum atomic E-state index is -0.583. The van der Waals surface area contributed by atoms with E-state index in [1.807, 2.05) is 0 Å². The van der Waals surface area contributed by atoms with Crippen molar-refractivity contribution in [2.45, 2.75) is 6.92 Å². The molecule has 0 fully saturated rings. The van der Waals surface area contributed by atoms with E-state index in [-0.39, 0.29) is 17.1 Å². The van der Waals surface area contributed by atoms with Gasteiger partial charge in [-0.15, -0.1) is 0 Å². The molecule has 3 N–H and O–H groups in total. The fourth-order valence-electron chi connectivity index (χ4n) is 1.67. The number of benzene rings is 2. The molecule has 0 heterocycles. The third-order valence-electron chi connectivity index (χ3n) is 2.60. The average molecular weight is 262 g/mol. The number of hydrogen-bond acceptors (Lipinski definition) is 2. The smallest absolute Gasteiger partial charge is 0.255 e. The Hall–Kier alpha value is -2.43. The first-order valence-electron chi connectivity index (χ1n) is 5.59. The topological polar surface area (TPSA) is 55.1 Å². The van der Waals surface area contributed by atoms with E-state index in [1.165, 1.54) is 24.3 Å². The van der Waals surface area contributed by atoms with Crippen molar-refractivity contribution in [2.24, 2.45) is 0 Å². The Balaban J connectivity index is 2.22. The normalized spacial score (nSPS) is 10.3. The van der Waals surface area contributed by atoms with Gasteiger partial charge in [0.15, 0.2) is 0 Å². The second-order valence-corrected chi connectivity index (χ2v) is 4.19. The standard InChI is InChI=1S/C14H12F2N2O/c1-8-4-12(2-3-13(8)16)18-14(19)9-5-10(15)7-11(17)6-9/h2-7H,17H2,1H3,(H,18,19). The van der Waals surface area contributed by atoms with E-state index < -0.39 is 11.7 Å². The maximum absolute atomic E-state index is 13.1. The molecule has 0 radical (unpaired) electrons. The van der Waals surface area contributed by atoms with E-state index in [0.29, 0.717) is 11.3 Å². The zero-order valence-electron chi connectivity index (χ0n) is 10.2. The van der Waals surface area contributed by atoms with Crippen molar-refractivity contribution in [1.82, 2.24) is 0 Å². The first-order chi connectivity index (χ1) is 8.95. The summed E-state index contributed by atoms with van der Waals surface area (Å²) in [6, 6.07) is 7.76. The molecule has 98 valence electrons. The summed E-state index contributed by atoms with van der Waals surface area (Å²) in [5.41, 5.74) is 6.59. The molecule has 0 aliphatic carbocycles. The van der Waals surface area contributed by atoms with Crippen LogP contribution >= 0.6 is 0 Å². The van der Waals surface area contributed by atoms with Crippen LogP contribution in [-0.4, -0.2) is 5.91 Å². The highest BCUT2D eigenvalue weighted by Gasteiger charge is 2.09. The van der Waals surface area contributed by atoms with E-state index in [0.717, 1.165) is 12.1 Å². The summed E-state index contributed by atoms with van der Waals surface area (Å²) in [5, 5.41) is 2.55. The lowest BCUT2D eigenvalue weighted by Gasteiger charge is -2.07. The lowest BCUT2D eigenvalue weighted by molar-refractivity contribution is 0.102. The van der Waals surface area contributed by atoms with Crippen LogP contribution in [0.2, 0.25) is 0 Å². The lowest BCUT2D eigenvalue weighted by atomic mass is 10.1. The van der Waals surface area contributed by atoms with Crippen LogP contribution in [0.15, 0.2) is 36.4 Å². The molecule has 3 nitrogen and oxygen atoms in total. The van der Waals surface area contributed by atoms with Crippen LogP contribution in [0.25, 0.3) is 0 Å². The highest BCUT2D eigenvalue weighted by atomic mass is 19.1. The first-order valence-corrected chi connectivity index (χ1v) is 5.59. The number of amides is 1. The third kappa shape index (κ3) is 3.07. The predicted molar refractivity (Wildman–Crippen MR) is 69.9 cm³/mol. The molecule has 2 aromatic rings. The maximum Gasteiger partial charge on any atom is 0.255 e. The van der Waals surface area contributed by atoms with Crippen LogP contribution in [-0.2, 0) is 0 Å². The van der Waals surface area contributed by atoms with Gasteiger partial charge < -0.3 is 11.1 Å². The van der Waals surface area contributed by atoms with E-state index in [1.54, 1.807) is 6.92 Å². The fraction of sp³-hybridized carbons (Fsp3) is 0.0714. The Bertz CT molecular complexity index is 621. The second-order valence-electron chi connectivity index (χ2n) is 4.19. The Morgan fingerprint density at radius 1 is 1.16 bits per heavy atom. The van der Waals surface area contributed by atoms with E-state index in [9.17, 15) is 13.6 Å². The maximum atomic E-state index is 13.1. The number of anilines is 2. The number of halogens is 2. The monoisotopic (exact) mass is 262 g/mol. The Morgan fingerprint density at radius 2 is 1.89 bits per heavy atom. The summed E-state index contributed by atoms with van der Waals surface area (Å²) >= 11 is 0. The highest BCUT2D eigenvalue weighted by molar-refractivity contribution is 6.04. The Kier molecular flexibility index (Phi) is 3.46. The number of rotatable bonds is 2. The van der Waals surface area contributed by atoms with Crippen LogP contribution in [0.4, 0.5) is 20.2 Å². The van der Waals surface area contributed by atoms with Crippen molar-refractivity contribution in [3.63, 3.8) is 0 Å². The number of nitrogen functional groups attached to an aromatic ring is 1. The molecule has 0 aromatic heterocycles. The van der Waals surface area contributed by atoms with Crippen molar-refractivity contribution >= 4 is 17.3 Å². The number of aryl methyl sites for hydroxylation is 1. The van der Waals surface area contributed by atoms with Gasteiger partial charge in [0, 0.05) is 16.9 Å². The molecule has 2 aromatic carbocycles. The van der Waals surface area contributed by atoms with Gasteiger partial charge in [-0.05, 0) is 48.9 Å². The van der Waals surface area contributed by atoms with Crippen molar-refractivity contribution in [1.29, 1.82) is 0 Å². The zero-order valence-corrected chi connectivity index (χ0v) is 10.2. The molecule has 0 atom stereocenters. The van der Waals surface area contributed by atoms with Gasteiger partial charge in [-0.3, -0.25) is 4.79 Å². The van der Waals surface area contributed by atoms with Crippen molar-refractivity contribution in [3.05, 3.63) is 59.2 Å². The number of nitrogens with two attached hydrogens (primary N) is 1. The highest BCUT2D eigenvalue weighted by Crippen LogP contribution is 2.16. The number of hydrogen-bond donors (Lipinski definition) is 2. The molecule has 1 amide bonds. The molecular formula is C14H12F2N2O. The number of carbonyl (C=O) groups excluding carboxylic acids is 1. The van der Waals surface area contributed by atoms with Crippen molar-refractivity contribution < 1.29 is 13.6 Å². The van der Waals surface area contributed by atoms with Crippen LogP contribution < -0.4 is 11.1 Å². The predicted octanol–water partition coefficient (Wildman–Crippen LogP) is 3.11. The molecule has 0 aliphatic rings. The largest absolute Gasteiger partial charge is 0.399 e. The molecule has 0 bridgehead atoms. The quantitative estimate of drug-likeness (QED) is 0.817. The number of nitrogens with one attached hydrogen (secondary N) is 1. The number of carbonyl (C=O) groups is 1. The van der Waals surface area contributed by atoms with Gasteiger partial charge >= 0.3 is 0 Å². The summed E-state index contributed by atoms with van der Waals surface area (Å²) in [6.07, 6.45) is 0. The SMILES string of the molecule is Cc1cc(NC(=O)c2cc(N)cc(F)c2)ccc1F. The minimum Gasteiger partial charge on any atom is -0.399 e. The molecule has 2 rings (SSSR count). The molecule has 0 saturated heterocycles. The molecule has 0 saturated carbocycles. The molecule has 19 heavy (non-hydrogen) atoms. The van der Waals surface area contributed by atoms with E-state index in [4.69, 9.17) is 5.73 Å². The molecule has 0 spiro atoms. The second kappa shape index (κ2) is 5.06. The molecule has 5 heteroatoms. The summed E-state index contributed by atoms with van der Waals surface area (Å²) in [6.45, 7) is 1.59. The fourth-order valence-corrected chi connectivity index (χ4v) is 1.67. The average Bonchev–Trinajstić information content (AvgIpc) is 2.32. The summed E-state index contributed by atoms with van der Waals surface area (Å²) in [5.74, 6) is -1.44.